The lowest BCUT2D eigenvalue weighted by molar-refractivity contribution is -0.252. The average Bonchev–Trinajstić information content (AvgIpc) is 2.38. The number of aliphatic hydroxyl groups is 1. The minimum absolute atomic E-state index is 0.259. The van der Waals surface area contributed by atoms with E-state index in [1.807, 2.05) is 0 Å². The number of ether oxygens (including phenoxy) is 3. The molecule has 6 nitrogen and oxygen atoms in total. The summed E-state index contributed by atoms with van der Waals surface area (Å²) in [6.45, 7) is 3.87. The Kier molecular flexibility index (Phi) is 3.88. The van der Waals surface area contributed by atoms with Crippen molar-refractivity contribution in [2.75, 3.05) is 6.61 Å². The standard InChI is InChI=1S/C10H16O6/c1-6-4-9(15-8(3)12)10(13,16-6)5-14-7(2)11/h6,9,13H,4-5H2,1-3H3/t6-,9+,10?/m0/s1. The van der Waals surface area contributed by atoms with Crippen molar-refractivity contribution in [2.45, 2.75) is 45.2 Å². The predicted molar refractivity (Wildman–Crippen MR) is 52.3 cm³/mol. The molecule has 3 atom stereocenters. The van der Waals surface area contributed by atoms with Crippen molar-refractivity contribution < 1.29 is 28.9 Å². The minimum Gasteiger partial charge on any atom is -0.460 e. The Morgan fingerprint density at radius 2 is 2.06 bits per heavy atom. The zero-order valence-electron chi connectivity index (χ0n) is 9.56. The highest BCUT2D eigenvalue weighted by atomic mass is 16.7. The SMILES string of the molecule is CC(=O)OCC1(O)O[C@@H](C)C[C@H]1OC(C)=O. The highest BCUT2D eigenvalue weighted by Gasteiger charge is 2.49. The first-order valence-electron chi connectivity index (χ1n) is 5.04. The molecule has 1 unspecified atom stereocenters. The van der Waals surface area contributed by atoms with Crippen molar-refractivity contribution >= 4 is 11.9 Å². The van der Waals surface area contributed by atoms with Crippen LogP contribution < -0.4 is 0 Å². The number of carbonyl (C=O) groups excluding carboxylic acids is 2. The fourth-order valence-electron chi connectivity index (χ4n) is 1.63. The molecule has 1 N–H and O–H groups in total. The van der Waals surface area contributed by atoms with Gasteiger partial charge in [-0.3, -0.25) is 9.59 Å². The molecule has 0 spiro atoms. The number of carbonyl (C=O) groups is 2. The summed E-state index contributed by atoms with van der Waals surface area (Å²) in [7, 11) is 0. The van der Waals surface area contributed by atoms with Crippen LogP contribution in [0.4, 0.5) is 0 Å². The Morgan fingerprint density at radius 3 is 2.56 bits per heavy atom. The molecule has 1 heterocycles. The van der Waals surface area contributed by atoms with Crippen molar-refractivity contribution in [1.29, 1.82) is 0 Å². The Morgan fingerprint density at radius 1 is 1.44 bits per heavy atom. The van der Waals surface area contributed by atoms with Crippen LogP contribution in [0.25, 0.3) is 0 Å². The highest BCUT2D eigenvalue weighted by molar-refractivity contribution is 5.66. The molecule has 0 aliphatic carbocycles. The van der Waals surface area contributed by atoms with E-state index < -0.39 is 23.8 Å². The molecule has 16 heavy (non-hydrogen) atoms. The summed E-state index contributed by atoms with van der Waals surface area (Å²) in [5, 5.41) is 10.0. The topological polar surface area (TPSA) is 82.1 Å². The highest BCUT2D eigenvalue weighted by Crippen LogP contribution is 2.31. The van der Waals surface area contributed by atoms with Crippen molar-refractivity contribution in [2.24, 2.45) is 0 Å². The van der Waals surface area contributed by atoms with Gasteiger partial charge in [-0.2, -0.15) is 0 Å². The van der Waals surface area contributed by atoms with Crippen LogP contribution in [0.1, 0.15) is 27.2 Å². The maximum absolute atomic E-state index is 10.8. The van der Waals surface area contributed by atoms with E-state index in [4.69, 9.17) is 9.47 Å². The molecule has 0 saturated carbocycles. The fourth-order valence-corrected chi connectivity index (χ4v) is 1.63. The molecule has 1 saturated heterocycles. The van der Waals surface area contributed by atoms with Gasteiger partial charge in [-0.05, 0) is 6.92 Å². The quantitative estimate of drug-likeness (QED) is 0.688. The predicted octanol–water partition coefficient (Wildman–Crippen LogP) is -0.0214. The van der Waals surface area contributed by atoms with Crippen LogP contribution >= 0.6 is 0 Å². The Hall–Kier alpha value is -1.14. The van der Waals surface area contributed by atoms with Crippen molar-refractivity contribution in [1.82, 2.24) is 0 Å². The summed E-state index contributed by atoms with van der Waals surface area (Å²) < 4.78 is 14.8. The maximum atomic E-state index is 10.8. The molecule has 1 fully saturated rings. The molecule has 0 aromatic heterocycles. The van der Waals surface area contributed by atoms with Crippen LogP contribution in [0, 0.1) is 0 Å². The van der Waals surface area contributed by atoms with Crippen LogP contribution in [-0.2, 0) is 23.8 Å². The molecule has 1 rings (SSSR count). The smallest absolute Gasteiger partial charge is 0.303 e. The minimum atomic E-state index is -1.74. The lowest BCUT2D eigenvalue weighted by atomic mass is 10.1. The first kappa shape index (κ1) is 12.9. The van der Waals surface area contributed by atoms with E-state index in [1.165, 1.54) is 13.8 Å². The fraction of sp³-hybridized carbons (Fsp3) is 0.800. The van der Waals surface area contributed by atoms with E-state index in [9.17, 15) is 14.7 Å². The molecule has 1 aliphatic rings. The Labute approximate surface area is 93.5 Å². The van der Waals surface area contributed by atoms with Crippen LogP contribution in [0.2, 0.25) is 0 Å². The van der Waals surface area contributed by atoms with Gasteiger partial charge in [0.25, 0.3) is 0 Å². The van der Waals surface area contributed by atoms with E-state index in [0.29, 0.717) is 6.42 Å². The molecule has 0 aromatic carbocycles. The largest absolute Gasteiger partial charge is 0.460 e. The second kappa shape index (κ2) is 4.80. The van der Waals surface area contributed by atoms with Gasteiger partial charge >= 0.3 is 11.9 Å². The maximum Gasteiger partial charge on any atom is 0.303 e. The van der Waals surface area contributed by atoms with Gasteiger partial charge in [0, 0.05) is 20.3 Å². The van der Waals surface area contributed by atoms with Gasteiger partial charge < -0.3 is 19.3 Å². The van der Waals surface area contributed by atoms with Crippen LogP contribution in [0.5, 0.6) is 0 Å². The van der Waals surface area contributed by atoms with Crippen LogP contribution in [0.15, 0.2) is 0 Å². The Balaban J connectivity index is 2.65. The molecular weight excluding hydrogens is 216 g/mol. The Bertz CT molecular complexity index is 289. The summed E-state index contributed by atoms with van der Waals surface area (Å²) in [4.78, 5) is 21.5. The zero-order chi connectivity index (χ0) is 12.3. The first-order valence-corrected chi connectivity index (χ1v) is 5.04. The van der Waals surface area contributed by atoms with Crippen LogP contribution in [-0.4, -0.2) is 41.6 Å². The van der Waals surface area contributed by atoms with E-state index in [2.05, 4.69) is 4.74 Å². The number of esters is 2. The first-order chi connectivity index (χ1) is 7.33. The van der Waals surface area contributed by atoms with E-state index in [0.717, 1.165) is 0 Å². The lowest BCUT2D eigenvalue weighted by Gasteiger charge is -2.27. The average molecular weight is 232 g/mol. The van der Waals surface area contributed by atoms with E-state index in [1.54, 1.807) is 6.92 Å². The van der Waals surface area contributed by atoms with E-state index in [-0.39, 0.29) is 12.7 Å². The van der Waals surface area contributed by atoms with Gasteiger partial charge in [0.05, 0.1) is 6.10 Å². The lowest BCUT2D eigenvalue weighted by Crippen LogP contribution is -2.46. The second-order valence-electron chi connectivity index (χ2n) is 3.89. The van der Waals surface area contributed by atoms with Gasteiger partial charge in [0.1, 0.15) is 6.61 Å². The second-order valence-corrected chi connectivity index (χ2v) is 3.89. The number of hydrogen-bond acceptors (Lipinski definition) is 6. The molecule has 0 bridgehead atoms. The summed E-state index contributed by atoms with van der Waals surface area (Å²) in [5.74, 6) is -2.78. The van der Waals surface area contributed by atoms with Crippen molar-refractivity contribution in [3.63, 3.8) is 0 Å². The third-order valence-electron chi connectivity index (χ3n) is 2.24. The van der Waals surface area contributed by atoms with Gasteiger partial charge in [0.2, 0.25) is 5.79 Å². The summed E-state index contributed by atoms with van der Waals surface area (Å²) in [6.07, 6.45) is -0.693. The molecule has 92 valence electrons. The molecule has 0 radical (unpaired) electrons. The van der Waals surface area contributed by atoms with Gasteiger partial charge in [0.15, 0.2) is 6.10 Å². The third kappa shape index (κ3) is 3.18. The third-order valence-corrected chi connectivity index (χ3v) is 2.24. The summed E-state index contributed by atoms with van der Waals surface area (Å²) >= 11 is 0. The summed E-state index contributed by atoms with van der Waals surface area (Å²) in [5.41, 5.74) is 0. The number of rotatable bonds is 3. The molecular formula is C10H16O6. The van der Waals surface area contributed by atoms with Crippen LogP contribution in [0.3, 0.4) is 0 Å². The molecule has 0 amide bonds. The van der Waals surface area contributed by atoms with E-state index >= 15 is 0 Å². The zero-order valence-corrected chi connectivity index (χ0v) is 9.56. The normalized spacial score (nSPS) is 33.5. The molecule has 6 heteroatoms. The molecule has 0 aromatic rings. The van der Waals surface area contributed by atoms with Gasteiger partial charge in [-0.25, -0.2) is 0 Å². The van der Waals surface area contributed by atoms with Gasteiger partial charge in [-0.15, -0.1) is 0 Å². The molecule has 1 aliphatic heterocycles. The summed E-state index contributed by atoms with van der Waals surface area (Å²) in [6, 6.07) is 0. The van der Waals surface area contributed by atoms with Gasteiger partial charge in [-0.1, -0.05) is 0 Å². The van der Waals surface area contributed by atoms with Crippen molar-refractivity contribution in [3.8, 4) is 0 Å². The number of hydrogen-bond donors (Lipinski definition) is 1. The monoisotopic (exact) mass is 232 g/mol. The van der Waals surface area contributed by atoms with Crippen molar-refractivity contribution in [3.05, 3.63) is 0 Å².